The molecule has 0 radical (unpaired) electrons. The van der Waals surface area contributed by atoms with Crippen LogP contribution in [0.1, 0.15) is 6.92 Å². The van der Waals surface area contributed by atoms with Crippen LogP contribution in [0.2, 0.25) is 0 Å². The minimum atomic E-state index is -4.07. The topological polar surface area (TPSA) is 55.8 Å². The Bertz CT molecular complexity index is 596. The van der Waals surface area contributed by atoms with E-state index >= 15 is 0 Å². The molecule has 0 aromatic heterocycles. The quantitative estimate of drug-likeness (QED) is 0.768. The Kier molecular flexibility index (Phi) is 5.43. The van der Waals surface area contributed by atoms with Crippen LogP contribution in [-0.4, -0.2) is 52.3 Å². The average Bonchev–Trinajstić information content (AvgIpc) is 2.45. The van der Waals surface area contributed by atoms with Crippen molar-refractivity contribution in [2.75, 3.05) is 32.8 Å². The van der Waals surface area contributed by atoms with Crippen molar-refractivity contribution < 1.29 is 22.3 Å². The number of rotatable bonds is 5. The molecule has 1 atom stereocenters. The second kappa shape index (κ2) is 6.91. The molecule has 1 aromatic carbocycles. The third kappa shape index (κ3) is 4.54. The summed E-state index contributed by atoms with van der Waals surface area (Å²) in [4.78, 5) is 1.84. The molecule has 1 saturated heterocycles. The third-order valence-corrected chi connectivity index (χ3v) is 4.61. The first kappa shape index (κ1) is 16.5. The van der Waals surface area contributed by atoms with Crippen molar-refractivity contribution in [3.63, 3.8) is 0 Å². The summed E-state index contributed by atoms with van der Waals surface area (Å²) < 4.78 is 47.1. The lowest BCUT2D eigenvalue weighted by Crippen LogP contribution is -2.44. The minimum Gasteiger partial charge on any atom is -0.489 e. The first-order valence-electron chi connectivity index (χ1n) is 6.61. The van der Waals surface area contributed by atoms with Crippen LogP contribution in [0.5, 0.6) is 5.75 Å². The summed E-state index contributed by atoms with van der Waals surface area (Å²) in [6, 6.07) is 3.23. The summed E-state index contributed by atoms with van der Waals surface area (Å²) >= 11 is 0. The molecule has 1 aromatic rings. The monoisotopic (exact) mass is 337 g/mol. The van der Waals surface area contributed by atoms with E-state index in [1.54, 1.807) is 0 Å². The van der Waals surface area contributed by atoms with Gasteiger partial charge in [0.15, 0.2) is 0 Å². The molecule has 0 N–H and O–H groups in total. The van der Waals surface area contributed by atoms with Gasteiger partial charge < -0.3 is 9.47 Å². The summed E-state index contributed by atoms with van der Waals surface area (Å²) in [5.74, 6) is -0.656. The molecule has 21 heavy (non-hydrogen) atoms. The summed E-state index contributed by atoms with van der Waals surface area (Å²) in [6.45, 7) is 5.33. The number of hydrogen-bond acceptors (Lipinski definition) is 5. The molecule has 0 bridgehead atoms. The number of morpholine rings is 1. The molecule has 1 fully saturated rings. The van der Waals surface area contributed by atoms with Gasteiger partial charge in [-0.05, 0) is 24.7 Å². The van der Waals surface area contributed by atoms with Crippen LogP contribution < -0.4 is 4.74 Å². The van der Waals surface area contributed by atoms with E-state index in [-0.39, 0.29) is 23.4 Å². The molecule has 0 aliphatic carbocycles. The molecular weight excluding hydrogens is 321 g/mol. The number of benzene rings is 1. The molecule has 1 aliphatic rings. The highest BCUT2D eigenvalue weighted by molar-refractivity contribution is 8.13. The lowest BCUT2D eigenvalue weighted by molar-refractivity contribution is -0.0468. The summed E-state index contributed by atoms with van der Waals surface area (Å²) in [5.41, 5.74) is 0. The standard InChI is InChI=1S/C13H17ClFNO4S/c1-2-16-5-6-19-11(8-16)9-20-12-4-3-10(15)7-13(12)21(14,17)18/h3-4,7,11H,2,5-6,8-9H2,1H3. The molecule has 0 amide bonds. The van der Waals surface area contributed by atoms with Gasteiger partial charge in [0, 0.05) is 23.8 Å². The fourth-order valence-corrected chi connectivity index (χ4v) is 3.13. The molecule has 8 heteroatoms. The first-order chi connectivity index (χ1) is 9.90. The second-order valence-corrected chi connectivity index (χ2v) is 7.26. The van der Waals surface area contributed by atoms with E-state index < -0.39 is 14.9 Å². The highest BCUT2D eigenvalue weighted by atomic mass is 35.7. The predicted molar refractivity (Wildman–Crippen MR) is 76.8 cm³/mol. The Morgan fingerprint density at radius 2 is 2.29 bits per heavy atom. The maximum Gasteiger partial charge on any atom is 0.265 e. The van der Waals surface area contributed by atoms with Crippen LogP contribution in [0.25, 0.3) is 0 Å². The second-order valence-electron chi connectivity index (χ2n) is 4.73. The Morgan fingerprint density at radius 1 is 1.52 bits per heavy atom. The van der Waals surface area contributed by atoms with Crippen molar-refractivity contribution in [1.29, 1.82) is 0 Å². The normalized spacial score (nSPS) is 20.4. The van der Waals surface area contributed by atoms with Crippen molar-refractivity contribution in [2.45, 2.75) is 17.9 Å². The van der Waals surface area contributed by atoms with Crippen LogP contribution in [0, 0.1) is 5.82 Å². The van der Waals surface area contributed by atoms with E-state index in [9.17, 15) is 12.8 Å². The zero-order valence-corrected chi connectivity index (χ0v) is 13.2. The largest absolute Gasteiger partial charge is 0.489 e. The molecule has 118 valence electrons. The Balaban J connectivity index is 2.06. The Hall–Kier alpha value is -0.890. The number of likely N-dealkylation sites (N-methyl/N-ethyl adjacent to an activating group) is 1. The zero-order valence-electron chi connectivity index (χ0n) is 11.6. The van der Waals surface area contributed by atoms with E-state index in [1.807, 2.05) is 0 Å². The van der Waals surface area contributed by atoms with Crippen LogP contribution in [0.15, 0.2) is 23.1 Å². The molecule has 5 nitrogen and oxygen atoms in total. The van der Waals surface area contributed by atoms with Gasteiger partial charge in [-0.25, -0.2) is 12.8 Å². The van der Waals surface area contributed by atoms with Crippen molar-refractivity contribution in [3.05, 3.63) is 24.0 Å². The van der Waals surface area contributed by atoms with E-state index in [2.05, 4.69) is 11.8 Å². The molecule has 1 aliphatic heterocycles. The lowest BCUT2D eigenvalue weighted by Gasteiger charge is -2.31. The maximum absolute atomic E-state index is 13.2. The van der Waals surface area contributed by atoms with Gasteiger partial charge in [-0.1, -0.05) is 6.92 Å². The first-order valence-corrected chi connectivity index (χ1v) is 8.92. The smallest absolute Gasteiger partial charge is 0.265 e. The van der Waals surface area contributed by atoms with E-state index in [4.69, 9.17) is 20.2 Å². The van der Waals surface area contributed by atoms with Gasteiger partial charge in [-0.3, -0.25) is 4.90 Å². The van der Waals surface area contributed by atoms with Gasteiger partial charge in [0.2, 0.25) is 0 Å². The van der Waals surface area contributed by atoms with Crippen LogP contribution >= 0.6 is 10.7 Å². The van der Waals surface area contributed by atoms with E-state index in [0.29, 0.717) is 13.2 Å². The third-order valence-electron chi connectivity index (χ3n) is 3.26. The fourth-order valence-electron chi connectivity index (χ4n) is 2.14. The van der Waals surface area contributed by atoms with Crippen molar-refractivity contribution >= 4 is 19.7 Å². The zero-order chi connectivity index (χ0) is 15.5. The fraction of sp³-hybridized carbons (Fsp3) is 0.538. The molecular formula is C13H17ClFNO4S. The van der Waals surface area contributed by atoms with Crippen molar-refractivity contribution in [2.24, 2.45) is 0 Å². The summed E-state index contributed by atoms with van der Waals surface area (Å²) in [6.07, 6.45) is -0.158. The van der Waals surface area contributed by atoms with E-state index in [0.717, 1.165) is 25.2 Å². The van der Waals surface area contributed by atoms with Gasteiger partial charge in [0.25, 0.3) is 9.05 Å². The van der Waals surface area contributed by atoms with Crippen LogP contribution in [-0.2, 0) is 13.8 Å². The van der Waals surface area contributed by atoms with Crippen LogP contribution in [0.3, 0.4) is 0 Å². The minimum absolute atomic E-state index is 0.0311. The highest BCUT2D eigenvalue weighted by Crippen LogP contribution is 2.28. The van der Waals surface area contributed by atoms with Gasteiger partial charge >= 0.3 is 0 Å². The van der Waals surface area contributed by atoms with Gasteiger partial charge in [0.05, 0.1) is 6.61 Å². The molecule has 0 spiro atoms. The maximum atomic E-state index is 13.2. The van der Waals surface area contributed by atoms with Crippen molar-refractivity contribution in [1.82, 2.24) is 4.90 Å². The molecule has 0 saturated carbocycles. The van der Waals surface area contributed by atoms with Crippen LogP contribution in [0.4, 0.5) is 4.39 Å². The lowest BCUT2D eigenvalue weighted by atomic mass is 10.3. The summed E-state index contributed by atoms with van der Waals surface area (Å²) in [7, 11) is 1.22. The SMILES string of the molecule is CCN1CCOC(COc2ccc(F)cc2S(=O)(=O)Cl)C1. The molecule has 2 rings (SSSR count). The number of nitrogens with zero attached hydrogens (tertiary/aromatic N) is 1. The molecule has 1 unspecified atom stereocenters. The Morgan fingerprint density at radius 3 is 2.95 bits per heavy atom. The predicted octanol–water partition coefficient (Wildman–Crippen LogP) is 1.85. The summed E-state index contributed by atoms with van der Waals surface area (Å²) in [5, 5.41) is 0. The number of halogens is 2. The van der Waals surface area contributed by atoms with Gasteiger partial charge in [-0.15, -0.1) is 0 Å². The van der Waals surface area contributed by atoms with Gasteiger partial charge in [0.1, 0.15) is 29.2 Å². The van der Waals surface area contributed by atoms with Gasteiger partial charge in [-0.2, -0.15) is 0 Å². The van der Waals surface area contributed by atoms with E-state index in [1.165, 1.54) is 6.07 Å². The molecule has 1 heterocycles. The number of hydrogen-bond donors (Lipinski definition) is 0. The Labute approximate surface area is 128 Å². The highest BCUT2D eigenvalue weighted by Gasteiger charge is 2.22. The average molecular weight is 338 g/mol. The van der Waals surface area contributed by atoms with Crippen molar-refractivity contribution in [3.8, 4) is 5.75 Å². The number of ether oxygens (including phenoxy) is 2.